The van der Waals surface area contributed by atoms with E-state index in [4.69, 9.17) is 0 Å². The Hall–Kier alpha value is -2.76. The van der Waals surface area contributed by atoms with Crippen LogP contribution in [0.25, 0.3) is 11.0 Å². The molecular formula is C16H15FN4O. The van der Waals surface area contributed by atoms with Gasteiger partial charge < -0.3 is 5.32 Å². The van der Waals surface area contributed by atoms with Gasteiger partial charge in [-0.2, -0.15) is 0 Å². The van der Waals surface area contributed by atoms with Crippen LogP contribution in [0.5, 0.6) is 0 Å². The third-order valence-corrected chi connectivity index (χ3v) is 3.46. The van der Waals surface area contributed by atoms with E-state index in [0.29, 0.717) is 0 Å². The molecule has 5 nitrogen and oxygen atoms in total. The molecule has 1 heterocycles. The molecule has 3 aromatic rings. The zero-order valence-corrected chi connectivity index (χ0v) is 12.0. The maximum absolute atomic E-state index is 12.9. The zero-order chi connectivity index (χ0) is 15.5. The predicted molar refractivity (Wildman–Crippen MR) is 80.5 cm³/mol. The second-order valence-electron chi connectivity index (χ2n) is 5.08. The Morgan fingerprint density at radius 1 is 1.23 bits per heavy atom. The molecular weight excluding hydrogens is 283 g/mol. The molecule has 1 atom stereocenters. The minimum absolute atomic E-state index is 0.0893. The summed E-state index contributed by atoms with van der Waals surface area (Å²) in [5.74, 6) is -0.469. The van der Waals surface area contributed by atoms with Gasteiger partial charge in [-0.1, -0.05) is 29.5 Å². The number of amides is 1. The van der Waals surface area contributed by atoms with Crippen molar-refractivity contribution in [2.75, 3.05) is 0 Å². The summed E-state index contributed by atoms with van der Waals surface area (Å²) in [5, 5.41) is 10.9. The SMILES string of the molecule is C[C@H](NC(=O)Cn1nnc2ccccc21)c1ccc(F)cc1. The van der Waals surface area contributed by atoms with Crippen molar-refractivity contribution >= 4 is 16.9 Å². The van der Waals surface area contributed by atoms with Gasteiger partial charge in [0, 0.05) is 0 Å². The van der Waals surface area contributed by atoms with Crippen molar-refractivity contribution in [1.82, 2.24) is 20.3 Å². The number of carbonyl (C=O) groups excluding carboxylic acids is 1. The largest absolute Gasteiger partial charge is 0.348 e. The molecule has 1 N–H and O–H groups in total. The van der Waals surface area contributed by atoms with Gasteiger partial charge >= 0.3 is 0 Å². The summed E-state index contributed by atoms with van der Waals surface area (Å²) in [4.78, 5) is 12.1. The highest BCUT2D eigenvalue weighted by Crippen LogP contribution is 2.13. The molecule has 0 saturated heterocycles. The summed E-state index contributed by atoms with van der Waals surface area (Å²) < 4.78 is 14.5. The van der Waals surface area contributed by atoms with Gasteiger partial charge in [-0.05, 0) is 36.8 Å². The minimum Gasteiger partial charge on any atom is -0.348 e. The lowest BCUT2D eigenvalue weighted by Gasteiger charge is -2.14. The first kappa shape index (κ1) is 14.2. The first-order chi connectivity index (χ1) is 10.6. The molecule has 2 aromatic carbocycles. The van der Waals surface area contributed by atoms with Crippen molar-refractivity contribution in [3.05, 3.63) is 59.9 Å². The molecule has 6 heteroatoms. The molecule has 0 aliphatic heterocycles. The van der Waals surface area contributed by atoms with Crippen molar-refractivity contribution in [3.8, 4) is 0 Å². The maximum atomic E-state index is 12.9. The van der Waals surface area contributed by atoms with Crippen LogP contribution in [0.2, 0.25) is 0 Å². The van der Waals surface area contributed by atoms with Crippen molar-refractivity contribution < 1.29 is 9.18 Å². The van der Waals surface area contributed by atoms with Gasteiger partial charge in [0.25, 0.3) is 0 Å². The lowest BCUT2D eigenvalue weighted by Crippen LogP contribution is -2.30. The number of carbonyl (C=O) groups is 1. The molecule has 0 fully saturated rings. The van der Waals surface area contributed by atoms with Crippen molar-refractivity contribution in [2.24, 2.45) is 0 Å². The third kappa shape index (κ3) is 2.95. The number of aromatic nitrogens is 3. The first-order valence-corrected chi connectivity index (χ1v) is 6.96. The third-order valence-electron chi connectivity index (χ3n) is 3.46. The fourth-order valence-corrected chi connectivity index (χ4v) is 2.29. The number of hydrogen-bond donors (Lipinski definition) is 1. The summed E-state index contributed by atoms with van der Waals surface area (Å²) in [5.41, 5.74) is 2.41. The van der Waals surface area contributed by atoms with Crippen LogP contribution in [0.15, 0.2) is 48.5 Å². The number of hydrogen-bond acceptors (Lipinski definition) is 3. The Kier molecular flexibility index (Phi) is 3.82. The lowest BCUT2D eigenvalue weighted by atomic mass is 10.1. The van der Waals surface area contributed by atoms with Crippen LogP contribution in [-0.2, 0) is 11.3 Å². The van der Waals surface area contributed by atoms with E-state index in [1.54, 1.807) is 16.8 Å². The average Bonchev–Trinajstić information content (AvgIpc) is 2.91. The average molecular weight is 298 g/mol. The van der Waals surface area contributed by atoms with E-state index < -0.39 is 0 Å². The van der Waals surface area contributed by atoms with E-state index in [9.17, 15) is 9.18 Å². The molecule has 1 aromatic heterocycles. The van der Waals surface area contributed by atoms with Crippen LogP contribution >= 0.6 is 0 Å². The Bertz CT molecular complexity index is 797. The van der Waals surface area contributed by atoms with Crippen LogP contribution in [0.1, 0.15) is 18.5 Å². The molecule has 0 bridgehead atoms. The monoisotopic (exact) mass is 298 g/mol. The van der Waals surface area contributed by atoms with Gasteiger partial charge in [-0.3, -0.25) is 4.79 Å². The first-order valence-electron chi connectivity index (χ1n) is 6.96. The van der Waals surface area contributed by atoms with Crippen LogP contribution in [0.4, 0.5) is 4.39 Å². The van der Waals surface area contributed by atoms with Gasteiger partial charge in [0.2, 0.25) is 5.91 Å². The van der Waals surface area contributed by atoms with E-state index in [2.05, 4.69) is 15.6 Å². The van der Waals surface area contributed by atoms with Crippen molar-refractivity contribution in [1.29, 1.82) is 0 Å². The maximum Gasteiger partial charge on any atom is 0.242 e. The molecule has 3 rings (SSSR count). The number of rotatable bonds is 4. The van der Waals surface area contributed by atoms with Crippen LogP contribution < -0.4 is 5.32 Å². The zero-order valence-electron chi connectivity index (χ0n) is 12.0. The molecule has 0 saturated carbocycles. The molecule has 0 aliphatic carbocycles. The van der Waals surface area contributed by atoms with E-state index in [1.807, 2.05) is 31.2 Å². The molecule has 112 valence electrons. The summed E-state index contributed by atoms with van der Waals surface area (Å²) in [7, 11) is 0. The summed E-state index contributed by atoms with van der Waals surface area (Å²) >= 11 is 0. The van der Waals surface area contributed by atoms with Crippen molar-refractivity contribution in [2.45, 2.75) is 19.5 Å². The topological polar surface area (TPSA) is 59.8 Å². The normalized spacial score (nSPS) is 12.3. The Labute approximate surface area is 126 Å². The quantitative estimate of drug-likeness (QED) is 0.805. The van der Waals surface area contributed by atoms with E-state index >= 15 is 0 Å². The number of halogens is 1. The van der Waals surface area contributed by atoms with Gasteiger partial charge in [-0.15, -0.1) is 5.10 Å². The second-order valence-corrected chi connectivity index (χ2v) is 5.08. The molecule has 22 heavy (non-hydrogen) atoms. The molecule has 0 spiro atoms. The van der Waals surface area contributed by atoms with Crippen LogP contribution in [-0.4, -0.2) is 20.9 Å². The fraction of sp³-hybridized carbons (Fsp3) is 0.188. The van der Waals surface area contributed by atoms with E-state index in [-0.39, 0.29) is 24.3 Å². The number of benzene rings is 2. The highest BCUT2D eigenvalue weighted by molar-refractivity contribution is 5.79. The smallest absolute Gasteiger partial charge is 0.242 e. The highest BCUT2D eigenvalue weighted by atomic mass is 19.1. The number of nitrogens with one attached hydrogen (secondary N) is 1. The van der Waals surface area contributed by atoms with Gasteiger partial charge in [0.1, 0.15) is 17.9 Å². The van der Waals surface area contributed by atoms with Gasteiger partial charge in [0.05, 0.1) is 11.6 Å². The van der Waals surface area contributed by atoms with E-state index in [1.165, 1.54) is 12.1 Å². The van der Waals surface area contributed by atoms with Crippen molar-refractivity contribution in [3.63, 3.8) is 0 Å². The minimum atomic E-state index is -0.295. The Balaban J connectivity index is 1.68. The second kappa shape index (κ2) is 5.93. The molecule has 0 radical (unpaired) electrons. The number of fused-ring (bicyclic) bond motifs is 1. The highest BCUT2D eigenvalue weighted by Gasteiger charge is 2.12. The Morgan fingerprint density at radius 2 is 1.95 bits per heavy atom. The molecule has 0 unspecified atom stereocenters. The summed E-state index contributed by atoms with van der Waals surface area (Å²) in [6, 6.07) is 13.3. The van der Waals surface area contributed by atoms with Crippen LogP contribution in [0.3, 0.4) is 0 Å². The molecule has 0 aliphatic rings. The predicted octanol–water partition coefficient (Wildman–Crippen LogP) is 2.45. The number of nitrogens with zero attached hydrogens (tertiary/aromatic N) is 3. The number of para-hydroxylation sites is 1. The van der Waals surface area contributed by atoms with Gasteiger partial charge in [-0.25, -0.2) is 9.07 Å². The molecule has 1 amide bonds. The van der Waals surface area contributed by atoms with Gasteiger partial charge in [0.15, 0.2) is 0 Å². The lowest BCUT2D eigenvalue weighted by molar-refractivity contribution is -0.122. The standard InChI is InChI=1S/C16H15FN4O/c1-11(12-6-8-13(17)9-7-12)18-16(22)10-21-15-5-3-2-4-14(15)19-20-21/h2-9,11H,10H2,1H3,(H,18,22)/t11-/m0/s1. The van der Waals surface area contributed by atoms with Crippen LogP contribution in [0, 0.1) is 5.82 Å². The summed E-state index contributed by atoms with van der Waals surface area (Å²) in [6.45, 7) is 1.94. The fourth-order valence-electron chi connectivity index (χ4n) is 2.29. The summed E-state index contributed by atoms with van der Waals surface area (Å²) in [6.07, 6.45) is 0. The van der Waals surface area contributed by atoms with E-state index in [0.717, 1.165) is 16.6 Å². The Morgan fingerprint density at radius 3 is 2.73 bits per heavy atom.